The highest BCUT2D eigenvalue weighted by Crippen LogP contribution is 2.20. The Morgan fingerprint density at radius 2 is 2.12 bits per heavy atom. The predicted molar refractivity (Wildman–Crippen MR) is 58.2 cm³/mol. The van der Waals surface area contributed by atoms with Crippen LogP contribution in [0, 0.1) is 5.82 Å². The molecule has 88 valence electrons. The summed E-state index contributed by atoms with van der Waals surface area (Å²) in [4.78, 5) is 11.4. The summed E-state index contributed by atoms with van der Waals surface area (Å²) in [7, 11) is 2.92. The van der Waals surface area contributed by atoms with Gasteiger partial charge >= 0.3 is 0 Å². The first-order chi connectivity index (χ1) is 7.69. The molecule has 0 radical (unpaired) electrons. The van der Waals surface area contributed by atoms with Gasteiger partial charge in [0.15, 0.2) is 11.6 Å². The van der Waals surface area contributed by atoms with E-state index in [0.717, 1.165) is 0 Å². The van der Waals surface area contributed by atoms with Crippen molar-refractivity contribution in [3.63, 3.8) is 0 Å². The van der Waals surface area contributed by atoms with Crippen LogP contribution in [-0.2, 0) is 16.0 Å². The minimum Gasteiger partial charge on any atom is -0.494 e. The first-order valence-corrected chi connectivity index (χ1v) is 5.01. The molecule has 0 unspecified atom stereocenters. The van der Waals surface area contributed by atoms with Crippen molar-refractivity contribution in [2.75, 3.05) is 20.8 Å². The van der Waals surface area contributed by atoms with Crippen LogP contribution >= 0.6 is 0 Å². The quantitative estimate of drug-likeness (QED) is 0.744. The largest absolute Gasteiger partial charge is 0.494 e. The van der Waals surface area contributed by atoms with Gasteiger partial charge < -0.3 is 9.47 Å². The van der Waals surface area contributed by atoms with E-state index in [1.54, 1.807) is 12.1 Å². The molecule has 0 aliphatic heterocycles. The summed E-state index contributed by atoms with van der Waals surface area (Å²) in [6.07, 6.45) is 0.375. The lowest BCUT2D eigenvalue weighted by atomic mass is 10.1. The van der Waals surface area contributed by atoms with Crippen LogP contribution in [0.4, 0.5) is 4.39 Å². The molecule has 16 heavy (non-hydrogen) atoms. The van der Waals surface area contributed by atoms with Crippen LogP contribution in [-0.4, -0.2) is 26.6 Å². The molecule has 1 rings (SSSR count). The van der Waals surface area contributed by atoms with Gasteiger partial charge in [0.2, 0.25) is 0 Å². The zero-order valence-corrected chi connectivity index (χ0v) is 9.46. The molecule has 0 aromatic heterocycles. The molecule has 0 saturated heterocycles. The van der Waals surface area contributed by atoms with Crippen LogP contribution in [0.25, 0.3) is 0 Å². The Balaban J connectivity index is 2.70. The second-order valence-corrected chi connectivity index (χ2v) is 3.39. The van der Waals surface area contributed by atoms with Crippen molar-refractivity contribution in [3.8, 4) is 5.75 Å². The third-order valence-electron chi connectivity index (χ3n) is 2.24. The molecule has 0 saturated carbocycles. The molecule has 0 heterocycles. The van der Waals surface area contributed by atoms with Gasteiger partial charge in [-0.15, -0.1) is 0 Å². The van der Waals surface area contributed by atoms with Gasteiger partial charge in [0, 0.05) is 20.0 Å². The van der Waals surface area contributed by atoms with Crippen LogP contribution in [0.3, 0.4) is 0 Å². The van der Waals surface area contributed by atoms with Crippen molar-refractivity contribution in [2.24, 2.45) is 0 Å². The minimum atomic E-state index is -0.462. The number of ether oxygens (including phenoxy) is 2. The average Bonchev–Trinajstić information content (AvgIpc) is 2.29. The SMILES string of the molecule is COCCC(=O)Cc1cccc(OC)c1F. The van der Waals surface area contributed by atoms with Crippen molar-refractivity contribution in [1.82, 2.24) is 0 Å². The van der Waals surface area contributed by atoms with Gasteiger partial charge in [0.05, 0.1) is 13.7 Å². The number of carbonyl (C=O) groups is 1. The van der Waals surface area contributed by atoms with E-state index in [4.69, 9.17) is 9.47 Å². The summed E-state index contributed by atoms with van der Waals surface area (Å²) in [6.45, 7) is 0.365. The Bertz CT molecular complexity index is 363. The van der Waals surface area contributed by atoms with E-state index in [1.165, 1.54) is 20.3 Å². The molecular formula is C12H15FO3. The molecule has 0 fully saturated rings. The molecule has 0 spiro atoms. The highest BCUT2D eigenvalue weighted by Gasteiger charge is 2.11. The lowest BCUT2D eigenvalue weighted by molar-refractivity contribution is -0.119. The first-order valence-electron chi connectivity index (χ1n) is 5.01. The van der Waals surface area contributed by atoms with Crippen LogP contribution < -0.4 is 4.74 Å². The first kappa shape index (κ1) is 12.6. The number of hydrogen-bond acceptors (Lipinski definition) is 3. The van der Waals surface area contributed by atoms with Gasteiger partial charge in [-0.05, 0) is 11.6 Å². The van der Waals surface area contributed by atoms with Crippen LogP contribution in [0.2, 0.25) is 0 Å². The van der Waals surface area contributed by atoms with E-state index in [0.29, 0.717) is 18.6 Å². The summed E-state index contributed by atoms with van der Waals surface area (Å²) >= 11 is 0. The molecule has 0 atom stereocenters. The Kier molecular flexibility index (Phi) is 4.92. The van der Waals surface area contributed by atoms with E-state index in [-0.39, 0.29) is 18.0 Å². The second-order valence-electron chi connectivity index (χ2n) is 3.39. The van der Waals surface area contributed by atoms with Crippen molar-refractivity contribution >= 4 is 5.78 Å². The van der Waals surface area contributed by atoms with Gasteiger partial charge in [-0.1, -0.05) is 12.1 Å². The fourth-order valence-corrected chi connectivity index (χ4v) is 1.37. The zero-order chi connectivity index (χ0) is 12.0. The smallest absolute Gasteiger partial charge is 0.168 e. The lowest BCUT2D eigenvalue weighted by Crippen LogP contribution is -2.08. The summed E-state index contributed by atoms with van der Waals surface area (Å²) in [5, 5.41) is 0. The molecule has 3 nitrogen and oxygen atoms in total. The van der Waals surface area contributed by atoms with E-state index >= 15 is 0 Å². The van der Waals surface area contributed by atoms with Crippen LogP contribution in [0.1, 0.15) is 12.0 Å². The number of halogens is 1. The Morgan fingerprint density at radius 3 is 2.75 bits per heavy atom. The summed E-state index contributed by atoms with van der Waals surface area (Å²) in [5.41, 5.74) is 0.362. The maximum atomic E-state index is 13.6. The number of carbonyl (C=O) groups excluding carboxylic acids is 1. The molecule has 4 heteroatoms. The Labute approximate surface area is 94.2 Å². The number of Topliss-reactive ketones (excluding diaryl/α,β-unsaturated/α-hetero) is 1. The number of benzene rings is 1. The highest BCUT2D eigenvalue weighted by molar-refractivity contribution is 5.81. The van der Waals surface area contributed by atoms with E-state index < -0.39 is 5.82 Å². The number of hydrogen-bond donors (Lipinski definition) is 0. The third kappa shape index (κ3) is 3.31. The maximum absolute atomic E-state index is 13.6. The van der Waals surface area contributed by atoms with Crippen molar-refractivity contribution in [1.29, 1.82) is 0 Å². The maximum Gasteiger partial charge on any atom is 0.168 e. The van der Waals surface area contributed by atoms with Gasteiger partial charge in [-0.2, -0.15) is 0 Å². The zero-order valence-electron chi connectivity index (χ0n) is 9.46. The molecular weight excluding hydrogens is 211 g/mol. The van der Waals surface area contributed by atoms with Gasteiger partial charge in [0.1, 0.15) is 5.78 Å². The topological polar surface area (TPSA) is 35.5 Å². The number of ketones is 1. The van der Waals surface area contributed by atoms with Crippen molar-refractivity contribution < 1.29 is 18.7 Å². The lowest BCUT2D eigenvalue weighted by Gasteiger charge is -2.06. The van der Waals surface area contributed by atoms with E-state index in [9.17, 15) is 9.18 Å². The summed E-state index contributed by atoms with van der Waals surface area (Å²) in [6, 6.07) is 4.78. The molecule has 0 N–H and O–H groups in total. The van der Waals surface area contributed by atoms with E-state index in [1.807, 2.05) is 0 Å². The van der Waals surface area contributed by atoms with Crippen LogP contribution in [0.15, 0.2) is 18.2 Å². The summed E-state index contributed by atoms with van der Waals surface area (Å²) in [5.74, 6) is -0.346. The van der Waals surface area contributed by atoms with Gasteiger partial charge in [0.25, 0.3) is 0 Å². The second kappa shape index (κ2) is 6.23. The molecule has 0 amide bonds. The van der Waals surface area contributed by atoms with Crippen molar-refractivity contribution in [3.05, 3.63) is 29.6 Å². The fraction of sp³-hybridized carbons (Fsp3) is 0.417. The third-order valence-corrected chi connectivity index (χ3v) is 2.24. The van der Waals surface area contributed by atoms with Crippen molar-refractivity contribution in [2.45, 2.75) is 12.8 Å². The highest BCUT2D eigenvalue weighted by atomic mass is 19.1. The number of methoxy groups -OCH3 is 2. The van der Waals surface area contributed by atoms with Crippen LogP contribution in [0.5, 0.6) is 5.75 Å². The summed E-state index contributed by atoms with van der Waals surface area (Å²) < 4.78 is 23.3. The monoisotopic (exact) mass is 226 g/mol. The predicted octanol–water partition coefficient (Wildman–Crippen LogP) is 1.98. The molecule has 1 aromatic rings. The Morgan fingerprint density at radius 1 is 1.38 bits per heavy atom. The normalized spacial score (nSPS) is 10.2. The number of rotatable bonds is 6. The average molecular weight is 226 g/mol. The standard InChI is InChI=1S/C12H15FO3/c1-15-7-6-10(14)8-9-4-3-5-11(16-2)12(9)13/h3-5H,6-8H2,1-2H3. The van der Waals surface area contributed by atoms with E-state index in [2.05, 4.69) is 0 Å². The minimum absolute atomic E-state index is 0.0472. The molecule has 0 bridgehead atoms. The van der Waals surface area contributed by atoms with Gasteiger partial charge in [-0.25, -0.2) is 4.39 Å². The molecule has 1 aromatic carbocycles. The van der Waals surface area contributed by atoms with Gasteiger partial charge in [-0.3, -0.25) is 4.79 Å². The Hall–Kier alpha value is -1.42. The fourth-order valence-electron chi connectivity index (χ4n) is 1.37. The molecule has 0 aliphatic carbocycles. The molecule has 0 aliphatic rings.